The summed E-state index contributed by atoms with van der Waals surface area (Å²) < 4.78 is 74.3. The molecule has 1 N–H and O–H groups in total. The van der Waals surface area contributed by atoms with Gasteiger partial charge in [-0.1, -0.05) is 57.2 Å². The summed E-state index contributed by atoms with van der Waals surface area (Å²) in [6.07, 6.45) is -4.54. The minimum atomic E-state index is -4.75. The van der Waals surface area contributed by atoms with Gasteiger partial charge >= 0.3 is 6.18 Å². The van der Waals surface area contributed by atoms with Crippen molar-refractivity contribution >= 4 is 27.5 Å². The summed E-state index contributed by atoms with van der Waals surface area (Å²) in [5, 5.41) is 2.83. The first-order valence-corrected chi connectivity index (χ1v) is 15.2. The van der Waals surface area contributed by atoms with E-state index in [2.05, 4.69) is 5.32 Å². The number of methoxy groups -OCH3 is 1. The summed E-state index contributed by atoms with van der Waals surface area (Å²) in [6.45, 7) is 5.02. The fraction of sp³-hybridized carbons (Fsp3) is 0.355. The molecule has 0 aromatic heterocycles. The number of nitrogens with one attached hydrogen (secondary N) is 1. The van der Waals surface area contributed by atoms with E-state index in [1.807, 2.05) is 13.8 Å². The van der Waals surface area contributed by atoms with E-state index in [0.29, 0.717) is 28.2 Å². The van der Waals surface area contributed by atoms with E-state index in [1.165, 1.54) is 42.3 Å². The molecule has 3 aromatic carbocycles. The van der Waals surface area contributed by atoms with Crippen LogP contribution in [0.25, 0.3) is 0 Å². The van der Waals surface area contributed by atoms with E-state index >= 15 is 0 Å². The SMILES string of the molecule is CCC(C(=O)NCC(C)C)N(Cc1ccc(OC)cc1)C(=O)CN(c1cccc(C(F)(F)F)c1)S(=O)(=O)c1ccccc1. The van der Waals surface area contributed by atoms with Gasteiger partial charge in [-0.05, 0) is 60.4 Å². The summed E-state index contributed by atoms with van der Waals surface area (Å²) in [4.78, 5) is 28.4. The third kappa shape index (κ3) is 8.73. The zero-order chi connectivity index (χ0) is 31.8. The fourth-order valence-corrected chi connectivity index (χ4v) is 5.78. The van der Waals surface area contributed by atoms with Crippen LogP contribution < -0.4 is 14.4 Å². The van der Waals surface area contributed by atoms with E-state index in [-0.39, 0.29) is 29.5 Å². The van der Waals surface area contributed by atoms with Crippen LogP contribution in [0.2, 0.25) is 0 Å². The molecule has 0 spiro atoms. The summed E-state index contributed by atoms with van der Waals surface area (Å²) >= 11 is 0. The van der Waals surface area contributed by atoms with Gasteiger partial charge in [0, 0.05) is 13.1 Å². The van der Waals surface area contributed by atoms with Crippen molar-refractivity contribution in [2.75, 3.05) is 24.5 Å². The van der Waals surface area contributed by atoms with Gasteiger partial charge < -0.3 is 15.0 Å². The second-order valence-corrected chi connectivity index (χ2v) is 12.2. The highest BCUT2D eigenvalue weighted by atomic mass is 32.2. The number of hydrogen-bond acceptors (Lipinski definition) is 5. The van der Waals surface area contributed by atoms with Gasteiger partial charge in [0.25, 0.3) is 10.0 Å². The van der Waals surface area contributed by atoms with E-state index in [9.17, 15) is 31.2 Å². The fourth-order valence-electron chi connectivity index (χ4n) is 4.36. The summed E-state index contributed by atoms with van der Waals surface area (Å²) in [6, 6.07) is 16.7. The van der Waals surface area contributed by atoms with E-state index < -0.39 is 46.2 Å². The van der Waals surface area contributed by atoms with Crippen LogP contribution in [0.4, 0.5) is 18.9 Å². The molecule has 0 bridgehead atoms. The van der Waals surface area contributed by atoms with E-state index in [1.54, 1.807) is 37.3 Å². The summed E-state index contributed by atoms with van der Waals surface area (Å²) in [5.74, 6) is -0.471. The molecule has 0 fully saturated rings. The molecular weight excluding hydrogens is 583 g/mol. The van der Waals surface area contributed by atoms with Gasteiger partial charge in [-0.25, -0.2) is 8.42 Å². The van der Waals surface area contributed by atoms with Crippen LogP contribution >= 0.6 is 0 Å². The Bertz CT molecular complexity index is 1480. The molecule has 0 aliphatic carbocycles. The van der Waals surface area contributed by atoms with Gasteiger partial charge in [-0.15, -0.1) is 0 Å². The highest BCUT2D eigenvalue weighted by Crippen LogP contribution is 2.33. The Morgan fingerprint density at radius 3 is 2.16 bits per heavy atom. The number of alkyl halides is 3. The lowest BCUT2D eigenvalue weighted by Gasteiger charge is -2.33. The summed E-state index contributed by atoms with van der Waals surface area (Å²) in [7, 11) is -2.99. The van der Waals surface area contributed by atoms with Crippen molar-refractivity contribution in [2.45, 2.75) is 50.9 Å². The average Bonchev–Trinajstić information content (AvgIpc) is 2.98. The molecule has 1 atom stereocenters. The van der Waals surface area contributed by atoms with Gasteiger partial charge in [-0.3, -0.25) is 13.9 Å². The Morgan fingerprint density at radius 1 is 0.953 bits per heavy atom. The van der Waals surface area contributed by atoms with Crippen LogP contribution in [0.3, 0.4) is 0 Å². The van der Waals surface area contributed by atoms with Crippen LogP contribution in [-0.4, -0.2) is 51.4 Å². The van der Waals surface area contributed by atoms with Gasteiger partial charge in [0.15, 0.2) is 0 Å². The molecule has 8 nitrogen and oxygen atoms in total. The van der Waals surface area contributed by atoms with Crippen LogP contribution in [0, 0.1) is 5.92 Å². The van der Waals surface area contributed by atoms with Crippen molar-refractivity contribution in [3.8, 4) is 5.75 Å². The number of nitrogens with zero attached hydrogens (tertiary/aromatic N) is 2. The molecule has 0 aliphatic heterocycles. The maximum absolute atomic E-state index is 14.1. The minimum absolute atomic E-state index is 0.0573. The molecule has 0 saturated carbocycles. The Hall–Kier alpha value is -4.06. The second-order valence-electron chi connectivity index (χ2n) is 10.3. The Balaban J connectivity index is 2.09. The molecule has 12 heteroatoms. The number of anilines is 1. The number of rotatable bonds is 13. The molecule has 3 rings (SSSR count). The lowest BCUT2D eigenvalue weighted by molar-refractivity contribution is -0.140. The number of carbonyl (C=O) groups is 2. The van der Waals surface area contributed by atoms with Gasteiger partial charge in [0.2, 0.25) is 11.8 Å². The van der Waals surface area contributed by atoms with Crippen molar-refractivity contribution < 1.29 is 35.9 Å². The molecule has 0 aliphatic rings. The maximum Gasteiger partial charge on any atom is 0.416 e. The van der Waals surface area contributed by atoms with Crippen molar-refractivity contribution in [1.29, 1.82) is 0 Å². The predicted molar refractivity (Wildman–Crippen MR) is 158 cm³/mol. The van der Waals surface area contributed by atoms with Crippen LogP contribution in [-0.2, 0) is 32.3 Å². The second kappa shape index (κ2) is 14.4. The Kier molecular flexibility index (Phi) is 11.2. The first kappa shape index (κ1) is 33.4. The number of amides is 2. The lowest BCUT2D eigenvalue weighted by atomic mass is 10.1. The van der Waals surface area contributed by atoms with E-state index in [0.717, 1.165) is 12.1 Å². The number of halogens is 3. The predicted octanol–water partition coefficient (Wildman–Crippen LogP) is 5.49. The zero-order valence-electron chi connectivity index (χ0n) is 24.5. The molecule has 232 valence electrons. The topological polar surface area (TPSA) is 96.0 Å². The van der Waals surface area contributed by atoms with Crippen LogP contribution in [0.5, 0.6) is 5.75 Å². The quantitative estimate of drug-likeness (QED) is 0.273. The number of ether oxygens (including phenoxy) is 1. The molecule has 0 heterocycles. The smallest absolute Gasteiger partial charge is 0.416 e. The van der Waals surface area contributed by atoms with Crippen molar-refractivity contribution in [3.05, 3.63) is 90.0 Å². The average molecular weight is 620 g/mol. The third-order valence-electron chi connectivity index (χ3n) is 6.65. The summed E-state index contributed by atoms with van der Waals surface area (Å²) in [5.41, 5.74) is -0.769. The standard InChI is InChI=1S/C31H36F3N3O5S/c1-5-28(30(39)35-19-22(2)3)36(20-23-14-16-26(42-4)17-15-23)29(38)21-37(43(40,41)27-12-7-6-8-13-27)25-11-9-10-24(18-25)31(32,33)34/h6-18,22,28H,5,19-21H2,1-4H3,(H,35,39). The van der Waals surface area contributed by atoms with Crippen LogP contribution in [0.1, 0.15) is 38.3 Å². The molecule has 1 unspecified atom stereocenters. The molecule has 0 radical (unpaired) electrons. The largest absolute Gasteiger partial charge is 0.497 e. The monoisotopic (exact) mass is 619 g/mol. The normalized spacial score (nSPS) is 12.5. The highest BCUT2D eigenvalue weighted by molar-refractivity contribution is 7.92. The molecule has 3 aromatic rings. The van der Waals surface area contributed by atoms with Crippen molar-refractivity contribution in [1.82, 2.24) is 10.2 Å². The van der Waals surface area contributed by atoms with Gasteiger partial charge in [-0.2, -0.15) is 13.2 Å². The maximum atomic E-state index is 14.1. The van der Waals surface area contributed by atoms with Gasteiger partial charge in [0.05, 0.1) is 23.3 Å². The van der Waals surface area contributed by atoms with Crippen molar-refractivity contribution in [2.24, 2.45) is 5.92 Å². The first-order valence-electron chi connectivity index (χ1n) is 13.7. The van der Waals surface area contributed by atoms with E-state index in [4.69, 9.17) is 4.74 Å². The Morgan fingerprint density at radius 2 is 1.60 bits per heavy atom. The number of carbonyl (C=O) groups excluding carboxylic acids is 2. The molecule has 0 saturated heterocycles. The highest BCUT2D eigenvalue weighted by Gasteiger charge is 2.36. The lowest BCUT2D eigenvalue weighted by Crippen LogP contribution is -2.52. The first-order chi connectivity index (χ1) is 20.3. The van der Waals surface area contributed by atoms with Crippen molar-refractivity contribution in [3.63, 3.8) is 0 Å². The third-order valence-corrected chi connectivity index (χ3v) is 8.44. The molecular formula is C31H36F3N3O5S. The van der Waals surface area contributed by atoms with Gasteiger partial charge in [0.1, 0.15) is 18.3 Å². The minimum Gasteiger partial charge on any atom is -0.497 e. The number of sulfonamides is 1. The number of hydrogen-bond donors (Lipinski definition) is 1. The number of benzene rings is 3. The van der Waals surface area contributed by atoms with Crippen LogP contribution in [0.15, 0.2) is 83.8 Å². The molecule has 2 amide bonds. The zero-order valence-corrected chi connectivity index (χ0v) is 25.3. The molecule has 43 heavy (non-hydrogen) atoms. The Labute approximate surface area is 250 Å².